The Labute approximate surface area is 245 Å². The van der Waals surface area contributed by atoms with E-state index in [1.54, 1.807) is 13.8 Å². The molecular weight excluding hydrogens is 554 g/mol. The number of fused-ring (bicyclic) bond motifs is 1. The van der Waals surface area contributed by atoms with Gasteiger partial charge in [0.1, 0.15) is 11.8 Å². The minimum Gasteiger partial charge on any atom is -0.427 e. The van der Waals surface area contributed by atoms with Gasteiger partial charge >= 0.3 is 5.97 Å². The second-order valence-corrected chi connectivity index (χ2v) is 12.5. The molecule has 3 aromatic carbocycles. The molecule has 1 aliphatic rings. The van der Waals surface area contributed by atoms with Crippen LogP contribution in [0.25, 0.3) is 10.9 Å². The van der Waals surface area contributed by atoms with Crippen molar-refractivity contribution in [2.24, 2.45) is 0 Å². The molecule has 0 radical (unpaired) electrons. The molecule has 5 rings (SSSR count). The fourth-order valence-electron chi connectivity index (χ4n) is 5.64. The van der Waals surface area contributed by atoms with Crippen molar-refractivity contribution in [2.45, 2.75) is 58.4 Å². The first-order chi connectivity index (χ1) is 19.9. The number of anilines is 1. The van der Waals surface area contributed by atoms with Crippen molar-refractivity contribution in [3.05, 3.63) is 88.6 Å². The van der Waals surface area contributed by atoms with Gasteiger partial charge in [0.15, 0.2) is 0 Å². The lowest BCUT2D eigenvalue weighted by Crippen LogP contribution is -2.46. The van der Waals surface area contributed by atoms with E-state index in [1.807, 2.05) is 50.4 Å². The number of nitrogens with one attached hydrogen (secondary N) is 1. The predicted octanol–water partition coefficient (Wildman–Crippen LogP) is 4.89. The van der Waals surface area contributed by atoms with E-state index < -0.39 is 33.8 Å². The van der Waals surface area contributed by atoms with E-state index in [0.717, 1.165) is 32.5 Å². The Balaban J connectivity index is 1.55. The number of aromatic amines is 1. The molecule has 218 valence electrons. The number of rotatable bonds is 8. The first-order valence-corrected chi connectivity index (χ1v) is 15.1. The second-order valence-electron chi connectivity index (χ2n) is 10.7. The number of ether oxygens (including phenoxy) is 1. The zero-order chi connectivity index (χ0) is 30.3. The van der Waals surface area contributed by atoms with Crippen LogP contribution in [0.1, 0.15) is 41.2 Å². The van der Waals surface area contributed by atoms with Crippen LogP contribution in [0.3, 0.4) is 0 Å². The summed E-state index contributed by atoms with van der Waals surface area (Å²) < 4.78 is 35.3. The van der Waals surface area contributed by atoms with E-state index in [2.05, 4.69) is 4.98 Å². The van der Waals surface area contributed by atoms with Crippen LogP contribution in [-0.2, 0) is 30.8 Å². The summed E-state index contributed by atoms with van der Waals surface area (Å²) in [5.74, 6) is -1.36. The SMILES string of the molecule is CC(=O)Oc1ccc(N2C(=O)CC(N(CCc3c[nH]c4ccccc34)S(=O)(=O)c3c(C)c(C)cc(C)c3C)C2=O)cc1. The molecule has 2 heterocycles. The summed E-state index contributed by atoms with van der Waals surface area (Å²) in [5, 5.41) is 0.969. The number of aromatic nitrogens is 1. The average molecular weight is 588 g/mol. The van der Waals surface area contributed by atoms with E-state index >= 15 is 0 Å². The molecule has 1 aliphatic heterocycles. The number of carbonyl (C=O) groups is 3. The second kappa shape index (κ2) is 11.2. The molecule has 1 atom stereocenters. The Morgan fingerprint density at radius 3 is 2.29 bits per heavy atom. The molecule has 0 saturated carbocycles. The van der Waals surface area contributed by atoms with Crippen LogP contribution in [0.5, 0.6) is 5.75 Å². The Hall–Kier alpha value is -4.28. The standard InChI is InChI=1S/C32H33N3O6S/c1-19-16-20(2)22(4)31(21(19)3)42(39,40)34(15-14-24-18-33-28-9-7-6-8-27(24)28)29-17-30(37)35(32(29)38)25-10-12-26(13-11-25)41-23(5)36/h6-13,16,18,29,33H,14-15,17H2,1-5H3. The molecule has 1 N–H and O–H groups in total. The number of aryl methyl sites for hydroxylation is 2. The molecule has 1 unspecified atom stereocenters. The molecule has 4 aromatic rings. The number of hydrogen-bond donors (Lipinski definition) is 1. The van der Waals surface area contributed by atoms with Crippen molar-refractivity contribution in [1.29, 1.82) is 0 Å². The summed E-state index contributed by atoms with van der Waals surface area (Å²) in [4.78, 5) is 42.8. The van der Waals surface area contributed by atoms with Crippen LogP contribution < -0.4 is 9.64 Å². The van der Waals surface area contributed by atoms with E-state index in [-0.39, 0.29) is 29.3 Å². The average Bonchev–Trinajstić information content (AvgIpc) is 3.47. The number of H-pyrrole nitrogens is 1. The van der Waals surface area contributed by atoms with Gasteiger partial charge in [-0.05, 0) is 92.3 Å². The number of sulfonamides is 1. The minimum atomic E-state index is -4.21. The number of nitrogens with zero attached hydrogens (tertiary/aromatic N) is 2. The number of hydrogen-bond acceptors (Lipinski definition) is 6. The molecular formula is C32H33N3O6S. The highest BCUT2D eigenvalue weighted by Crippen LogP contribution is 2.34. The molecule has 1 saturated heterocycles. The molecule has 1 aromatic heterocycles. The lowest BCUT2D eigenvalue weighted by Gasteiger charge is -2.29. The number of para-hydroxylation sites is 1. The van der Waals surface area contributed by atoms with Crippen LogP contribution in [0, 0.1) is 27.7 Å². The van der Waals surface area contributed by atoms with Gasteiger partial charge < -0.3 is 9.72 Å². The highest BCUT2D eigenvalue weighted by molar-refractivity contribution is 7.89. The largest absolute Gasteiger partial charge is 0.427 e. The highest BCUT2D eigenvalue weighted by Gasteiger charge is 2.47. The Kier molecular flexibility index (Phi) is 7.78. The topological polar surface area (TPSA) is 117 Å². The smallest absolute Gasteiger partial charge is 0.308 e. The minimum absolute atomic E-state index is 0.00103. The van der Waals surface area contributed by atoms with Gasteiger partial charge in [-0.3, -0.25) is 14.4 Å². The summed E-state index contributed by atoms with van der Waals surface area (Å²) in [6.45, 7) is 8.54. The number of imide groups is 1. The van der Waals surface area contributed by atoms with Gasteiger partial charge in [0.25, 0.3) is 5.91 Å². The molecule has 1 fully saturated rings. The van der Waals surface area contributed by atoms with Gasteiger partial charge in [-0.15, -0.1) is 0 Å². The first-order valence-electron chi connectivity index (χ1n) is 13.7. The molecule has 10 heteroatoms. The molecule has 0 bridgehead atoms. The molecule has 0 spiro atoms. The van der Waals surface area contributed by atoms with E-state index in [9.17, 15) is 22.8 Å². The van der Waals surface area contributed by atoms with E-state index in [0.29, 0.717) is 17.5 Å². The number of esters is 1. The van der Waals surface area contributed by atoms with Crippen LogP contribution in [0.15, 0.2) is 65.7 Å². The van der Waals surface area contributed by atoms with Crippen molar-refractivity contribution in [3.8, 4) is 5.75 Å². The van der Waals surface area contributed by atoms with Crippen molar-refractivity contribution >= 4 is 44.4 Å². The zero-order valence-electron chi connectivity index (χ0n) is 24.2. The van der Waals surface area contributed by atoms with Gasteiger partial charge in [0.05, 0.1) is 17.0 Å². The fraction of sp³-hybridized carbons (Fsp3) is 0.281. The maximum absolute atomic E-state index is 14.5. The third-order valence-electron chi connectivity index (χ3n) is 7.97. The predicted molar refractivity (Wildman–Crippen MR) is 160 cm³/mol. The Bertz CT molecular complexity index is 1800. The van der Waals surface area contributed by atoms with E-state index in [4.69, 9.17) is 4.74 Å². The molecule has 42 heavy (non-hydrogen) atoms. The van der Waals surface area contributed by atoms with E-state index in [1.165, 1.54) is 35.5 Å². The number of benzene rings is 3. The van der Waals surface area contributed by atoms with Crippen molar-refractivity contribution in [1.82, 2.24) is 9.29 Å². The zero-order valence-corrected chi connectivity index (χ0v) is 25.0. The van der Waals surface area contributed by atoms with Crippen LogP contribution in [0.4, 0.5) is 5.69 Å². The van der Waals surface area contributed by atoms with Crippen LogP contribution in [0.2, 0.25) is 0 Å². The van der Waals surface area contributed by atoms with Gasteiger partial charge in [0, 0.05) is 30.6 Å². The van der Waals surface area contributed by atoms with Gasteiger partial charge in [-0.25, -0.2) is 13.3 Å². The van der Waals surface area contributed by atoms with Gasteiger partial charge in [0.2, 0.25) is 15.9 Å². The van der Waals surface area contributed by atoms with Crippen molar-refractivity contribution in [3.63, 3.8) is 0 Å². The molecule has 0 aliphatic carbocycles. The van der Waals surface area contributed by atoms with Gasteiger partial charge in [-0.1, -0.05) is 24.3 Å². The summed E-state index contributed by atoms with van der Waals surface area (Å²) in [5.41, 5.74) is 5.01. The number of amides is 2. The normalized spacial score (nSPS) is 15.7. The highest BCUT2D eigenvalue weighted by atomic mass is 32.2. The maximum atomic E-state index is 14.5. The van der Waals surface area contributed by atoms with Gasteiger partial charge in [-0.2, -0.15) is 4.31 Å². The molecule has 2 amide bonds. The summed E-state index contributed by atoms with van der Waals surface area (Å²) in [6, 6.07) is 14.4. The van der Waals surface area contributed by atoms with Crippen molar-refractivity contribution in [2.75, 3.05) is 11.4 Å². The van der Waals surface area contributed by atoms with Crippen LogP contribution in [-0.4, -0.2) is 48.1 Å². The summed E-state index contributed by atoms with van der Waals surface area (Å²) in [7, 11) is -4.21. The fourth-order valence-corrected chi connectivity index (χ4v) is 7.80. The Morgan fingerprint density at radius 2 is 1.64 bits per heavy atom. The third kappa shape index (κ3) is 5.23. The first kappa shape index (κ1) is 29.2. The number of carbonyl (C=O) groups excluding carboxylic acids is 3. The third-order valence-corrected chi connectivity index (χ3v) is 10.2. The monoisotopic (exact) mass is 587 g/mol. The Morgan fingerprint density at radius 1 is 1.00 bits per heavy atom. The maximum Gasteiger partial charge on any atom is 0.308 e. The lowest BCUT2D eigenvalue weighted by molar-refractivity contribution is -0.132. The van der Waals surface area contributed by atoms with Crippen LogP contribution >= 0.6 is 0 Å². The summed E-state index contributed by atoms with van der Waals surface area (Å²) >= 11 is 0. The quantitative estimate of drug-likeness (QED) is 0.178. The lowest BCUT2D eigenvalue weighted by atomic mass is 10.0. The van der Waals surface area contributed by atoms with Crippen molar-refractivity contribution < 1.29 is 27.5 Å². The summed E-state index contributed by atoms with van der Waals surface area (Å²) in [6.07, 6.45) is 1.89. The molecule has 9 nitrogen and oxygen atoms in total.